The van der Waals surface area contributed by atoms with E-state index in [1.807, 2.05) is 0 Å². The minimum atomic E-state index is -0.452. The van der Waals surface area contributed by atoms with Gasteiger partial charge in [0, 0.05) is 17.0 Å². The van der Waals surface area contributed by atoms with Crippen LogP contribution in [0, 0.1) is 0 Å². The van der Waals surface area contributed by atoms with E-state index in [4.69, 9.17) is 0 Å². The predicted octanol–water partition coefficient (Wildman–Crippen LogP) is 1.65. The maximum atomic E-state index is 11.3. The second-order valence-corrected chi connectivity index (χ2v) is 5.40. The molecule has 92 valence electrons. The first-order valence-electron chi connectivity index (χ1n) is 5.65. The van der Waals surface area contributed by atoms with E-state index >= 15 is 0 Å². The molecule has 0 aromatic carbocycles. The number of ether oxygens (including phenoxy) is 1. The van der Waals surface area contributed by atoms with Gasteiger partial charge in [-0.2, -0.15) is 5.10 Å². The van der Waals surface area contributed by atoms with Crippen LogP contribution >= 0.6 is 0 Å². The highest BCUT2D eigenvalue weighted by Gasteiger charge is 2.32. The lowest BCUT2D eigenvalue weighted by molar-refractivity contribution is -0.163. The van der Waals surface area contributed by atoms with Crippen molar-refractivity contribution in [3.8, 4) is 0 Å². The van der Waals surface area contributed by atoms with Gasteiger partial charge >= 0.3 is 11.9 Å². The zero-order valence-corrected chi connectivity index (χ0v) is 10.2. The van der Waals surface area contributed by atoms with Gasteiger partial charge < -0.3 is 4.74 Å². The van der Waals surface area contributed by atoms with E-state index in [2.05, 4.69) is 35.7 Å². The quantitative estimate of drug-likeness (QED) is 0.594. The van der Waals surface area contributed by atoms with Crippen molar-refractivity contribution in [2.75, 3.05) is 0 Å². The monoisotopic (exact) mass is 236 g/mol. The lowest BCUT2D eigenvalue weighted by atomic mass is 9.83. The summed E-state index contributed by atoms with van der Waals surface area (Å²) in [5.74, 6) is -1.02. The average Bonchev–Trinajstić information content (AvgIpc) is 2.63. The van der Waals surface area contributed by atoms with E-state index in [0.29, 0.717) is 0 Å². The topological polar surface area (TPSA) is 72.1 Å². The SMILES string of the molecule is CC(C)(C)c1[nH]ncc1C1CC(=O)OC(=O)C1. The number of nitrogens with one attached hydrogen (secondary N) is 1. The fourth-order valence-corrected chi connectivity index (χ4v) is 2.11. The number of rotatable bonds is 1. The third-order valence-corrected chi connectivity index (χ3v) is 2.91. The molecule has 0 amide bonds. The van der Waals surface area contributed by atoms with Crippen LogP contribution in [0.2, 0.25) is 0 Å². The van der Waals surface area contributed by atoms with Crippen molar-refractivity contribution in [2.45, 2.75) is 44.9 Å². The van der Waals surface area contributed by atoms with Crippen LogP contribution in [-0.2, 0) is 19.7 Å². The van der Waals surface area contributed by atoms with E-state index in [9.17, 15) is 9.59 Å². The second-order valence-electron chi connectivity index (χ2n) is 5.40. The molecule has 1 saturated heterocycles. The van der Waals surface area contributed by atoms with Crippen molar-refractivity contribution >= 4 is 11.9 Å². The molecule has 1 N–H and O–H groups in total. The lowest BCUT2D eigenvalue weighted by Crippen LogP contribution is -2.26. The number of carbonyl (C=O) groups is 2. The molecule has 17 heavy (non-hydrogen) atoms. The summed E-state index contributed by atoms with van der Waals surface area (Å²) in [7, 11) is 0. The Morgan fingerprint density at radius 1 is 1.29 bits per heavy atom. The molecule has 5 heteroatoms. The maximum absolute atomic E-state index is 11.3. The smallest absolute Gasteiger partial charge is 0.314 e. The molecule has 5 nitrogen and oxygen atoms in total. The van der Waals surface area contributed by atoms with Gasteiger partial charge in [-0.15, -0.1) is 0 Å². The lowest BCUT2D eigenvalue weighted by Gasteiger charge is -2.24. The average molecular weight is 236 g/mol. The van der Waals surface area contributed by atoms with Crippen LogP contribution in [0.15, 0.2) is 6.20 Å². The summed E-state index contributed by atoms with van der Waals surface area (Å²) >= 11 is 0. The summed E-state index contributed by atoms with van der Waals surface area (Å²) in [6.07, 6.45) is 2.19. The Labute approximate surface area is 99.5 Å². The molecule has 0 spiro atoms. The fraction of sp³-hybridized carbons (Fsp3) is 0.583. The molecule has 2 rings (SSSR count). The van der Waals surface area contributed by atoms with E-state index in [1.165, 1.54) is 0 Å². The molecule has 1 aromatic heterocycles. The Balaban J connectivity index is 2.31. The Morgan fingerprint density at radius 2 is 1.88 bits per heavy atom. The van der Waals surface area contributed by atoms with Gasteiger partial charge in [-0.25, -0.2) is 0 Å². The number of aromatic nitrogens is 2. The van der Waals surface area contributed by atoms with Crippen LogP contribution in [-0.4, -0.2) is 22.1 Å². The van der Waals surface area contributed by atoms with Crippen molar-refractivity contribution in [2.24, 2.45) is 0 Å². The van der Waals surface area contributed by atoms with Crippen LogP contribution < -0.4 is 0 Å². The highest BCUT2D eigenvalue weighted by atomic mass is 16.6. The molecule has 0 aliphatic carbocycles. The Hall–Kier alpha value is -1.65. The molecule has 0 saturated carbocycles. The minimum absolute atomic E-state index is 0.0871. The van der Waals surface area contributed by atoms with Gasteiger partial charge in [0.05, 0.1) is 19.0 Å². The number of esters is 2. The highest BCUT2D eigenvalue weighted by Crippen LogP contribution is 2.34. The molecule has 1 aromatic rings. The van der Waals surface area contributed by atoms with Gasteiger partial charge in [-0.1, -0.05) is 20.8 Å². The summed E-state index contributed by atoms with van der Waals surface area (Å²) in [6, 6.07) is 0. The second kappa shape index (κ2) is 3.98. The van der Waals surface area contributed by atoms with Gasteiger partial charge in [0.1, 0.15) is 0 Å². The molecule has 2 heterocycles. The minimum Gasteiger partial charge on any atom is -0.393 e. The van der Waals surface area contributed by atoms with Crippen LogP contribution in [0.5, 0.6) is 0 Å². The van der Waals surface area contributed by atoms with Crippen LogP contribution in [0.1, 0.15) is 50.8 Å². The molecule has 1 aliphatic heterocycles. The maximum Gasteiger partial charge on any atom is 0.314 e. The third kappa shape index (κ3) is 2.38. The molecule has 0 radical (unpaired) electrons. The number of hydrogen-bond acceptors (Lipinski definition) is 4. The zero-order chi connectivity index (χ0) is 12.6. The number of hydrogen-bond donors (Lipinski definition) is 1. The van der Waals surface area contributed by atoms with Crippen LogP contribution in [0.4, 0.5) is 0 Å². The number of H-pyrrole nitrogens is 1. The first kappa shape index (κ1) is 11.8. The number of carbonyl (C=O) groups excluding carboxylic acids is 2. The van der Waals surface area contributed by atoms with Gasteiger partial charge in [0.15, 0.2) is 0 Å². The normalized spacial score (nSPS) is 18.3. The molecule has 0 bridgehead atoms. The van der Waals surface area contributed by atoms with Crippen molar-refractivity contribution in [1.82, 2.24) is 10.2 Å². The molecular weight excluding hydrogens is 220 g/mol. The largest absolute Gasteiger partial charge is 0.393 e. The molecular formula is C12H16N2O3. The number of cyclic esters (lactones) is 2. The van der Waals surface area contributed by atoms with Crippen molar-refractivity contribution < 1.29 is 14.3 Å². The molecule has 0 atom stereocenters. The van der Waals surface area contributed by atoms with Gasteiger partial charge in [0.25, 0.3) is 0 Å². The van der Waals surface area contributed by atoms with E-state index in [1.54, 1.807) is 6.20 Å². The summed E-state index contributed by atoms with van der Waals surface area (Å²) in [5.41, 5.74) is 1.84. The Bertz CT molecular complexity index is 441. The zero-order valence-electron chi connectivity index (χ0n) is 10.2. The van der Waals surface area contributed by atoms with Gasteiger partial charge in [-0.05, 0) is 5.56 Å². The van der Waals surface area contributed by atoms with E-state index in [-0.39, 0.29) is 24.2 Å². The molecule has 1 fully saturated rings. The Morgan fingerprint density at radius 3 is 2.41 bits per heavy atom. The summed E-state index contributed by atoms with van der Waals surface area (Å²) < 4.78 is 4.53. The van der Waals surface area contributed by atoms with E-state index < -0.39 is 11.9 Å². The summed E-state index contributed by atoms with van der Waals surface area (Å²) in [6.45, 7) is 6.19. The predicted molar refractivity (Wildman–Crippen MR) is 60.4 cm³/mol. The van der Waals surface area contributed by atoms with Crippen LogP contribution in [0.3, 0.4) is 0 Å². The third-order valence-electron chi connectivity index (χ3n) is 2.91. The fourth-order valence-electron chi connectivity index (χ4n) is 2.11. The van der Waals surface area contributed by atoms with E-state index in [0.717, 1.165) is 11.3 Å². The van der Waals surface area contributed by atoms with Crippen molar-refractivity contribution in [3.05, 3.63) is 17.5 Å². The Kier molecular flexibility index (Phi) is 2.77. The van der Waals surface area contributed by atoms with Crippen molar-refractivity contribution in [3.63, 3.8) is 0 Å². The van der Waals surface area contributed by atoms with Crippen LogP contribution in [0.25, 0.3) is 0 Å². The first-order chi connectivity index (χ1) is 7.88. The highest BCUT2D eigenvalue weighted by molar-refractivity contribution is 5.89. The first-order valence-corrected chi connectivity index (χ1v) is 5.65. The van der Waals surface area contributed by atoms with Gasteiger partial charge in [0.2, 0.25) is 0 Å². The van der Waals surface area contributed by atoms with Gasteiger partial charge in [-0.3, -0.25) is 14.7 Å². The number of nitrogens with zero attached hydrogens (tertiary/aromatic N) is 1. The summed E-state index contributed by atoms with van der Waals surface area (Å²) in [5, 5.41) is 6.98. The molecule has 1 aliphatic rings. The van der Waals surface area contributed by atoms with Crippen molar-refractivity contribution in [1.29, 1.82) is 0 Å². The standard InChI is InChI=1S/C12H16N2O3/c1-12(2,3)11-8(6-13-14-11)7-4-9(15)17-10(16)5-7/h6-7H,4-5H2,1-3H3,(H,13,14). The number of aromatic amines is 1. The summed E-state index contributed by atoms with van der Waals surface area (Å²) in [4.78, 5) is 22.5. The molecule has 0 unspecified atom stereocenters.